The number of nitro groups is 1. The highest BCUT2D eigenvalue weighted by Crippen LogP contribution is 2.34. The van der Waals surface area contributed by atoms with Gasteiger partial charge in [0.25, 0.3) is 0 Å². The second-order valence-electron chi connectivity index (χ2n) is 7.03. The summed E-state index contributed by atoms with van der Waals surface area (Å²) >= 11 is 0. The van der Waals surface area contributed by atoms with Crippen molar-refractivity contribution in [2.45, 2.75) is 19.8 Å². The van der Waals surface area contributed by atoms with Crippen LogP contribution in [-0.2, 0) is 0 Å². The molecule has 4 rings (SSSR count). The van der Waals surface area contributed by atoms with Gasteiger partial charge >= 0.3 is 5.69 Å². The van der Waals surface area contributed by atoms with Crippen LogP contribution in [0.4, 0.5) is 28.7 Å². The van der Waals surface area contributed by atoms with Gasteiger partial charge in [-0.2, -0.15) is 0 Å². The second-order valence-corrected chi connectivity index (χ2v) is 7.03. The topological polar surface area (TPSA) is 115 Å². The van der Waals surface area contributed by atoms with Crippen molar-refractivity contribution in [1.82, 2.24) is 15.0 Å². The summed E-state index contributed by atoms with van der Waals surface area (Å²) in [6, 6.07) is 16.4. The van der Waals surface area contributed by atoms with Crippen molar-refractivity contribution in [3.8, 4) is 5.75 Å². The molecule has 32 heavy (non-hydrogen) atoms. The third kappa shape index (κ3) is 4.72. The highest BCUT2D eigenvalue weighted by molar-refractivity contribution is 5.93. The molecular weight excluding hydrogens is 408 g/mol. The van der Waals surface area contributed by atoms with Crippen LogP contribution in [-0.4, -0.2) is 26.5 Å². The molecule has 2 N–H and O–H groups in total. The molecule has 0 aliphatic rings. The number of hydrogen-bond acceptors (Lipinski definition) is 8. The Balaban J connectivity index is 1.60. The van der Waals surface area contributed by atoms with E-state index in [-0.39, 0.29) is 17.3 Å². The van der Waals surface area contributed by atoms with Crippen molar-refractivity contribution >= 4 is 39.6 Å². The average Bonchev–Trinajstić information content (AvgIpc) is 2.81. The molecular formula is C23H22N6O3. The molecule has 162 valence electrons. The highest BCUT2D eigenvalue weighted by atomic mass is 16.6. The van der Waals surface area contributed by atoms with Crippen molar-refractivity contribution in [2.75, 3.05) is 17.2 Å². The molecule has 2 aromatic carbocycles. The number of hydrogen-bond donors (Lipinski definition) is 2. The molecule has 2 heterocycles. The van der Waals surface area contributed by atoms with E-state index < -0.39 is 4.92 Å². The summed E-state index contributed by atoms with van der Waals surface area (Å²) in [5.74, 6) is 0.919. The molecule has 0 saturated carbocycles. The van der Waals surface area contributed by atoms with Gasteiger partial charge in [-0.1, -0.05) is 19.4 Å². The molecule has 4 aromatic rings. The van der Waals surface area contributed by atoms with Crippen LogP contribution < -0.4 is 15.4 Å². The highest BCUT2D eigenvalue weighted by Gasteiger charge is 2.24. The van der Waals surface area contributed by atoms with Gasteiger partial charge in [-0.25, -0.2) is 9.97 Å². The fraction of sp³-hybridized carbons (Fsp3) is 0.174. The third-order valence-electron chi connectivity index (χ3n) is 4.79. The number of aromatic nitrogens is 3. The number of unbranched alkanes of at least 4 members (excludes halogenated alkanes) is 1. The van der Waals surface area contributed by atoms with Crippen molar-refractivity contribution in [2.24, 2.45) is 0 Å². The quantitative estimate of drug-likeness (QED) is 0.200. The van der Waals surface area contributed by atoms with E-state index in [0.717, 1.165) is 29.5 Å². The number of nitrogens with zero attached hydrogens (tertiary/aromatic N) is 4. The van der Waals surface area contributed by atoms with Gasteiger partial charge in [-0.05, 0) is 55.0 Å². The SMILES string of the molecule is CCCCOc1ccc(Nc2ncnc(Nc3cccc4ncccc34)c2[N+](=O)[O-])cc1. The molecule has 9 heteroatoms. The standard InChI is InChI=1S/C23H22N6O3/c1-2-3-14-32-17-11-9-16(10-12-17)27-22-21(29(30)31)23(26-15-25-22)28-20-8-4-7-19-18(20)6-5-13-24-19/h4-13,15H,2-3,14H2,1H3,(H2,25,26,27,28). The van der Waals surface area contributed by atoms with Crippen molar-refractivity contribution < 1.29 is 9.66 Å². The molecule has 0 aliphatic heterocycles. The van der Waals surface area contributed by atoms with E-state index in [4.69, 9.17) is 4.74 Å². The number of nitrogens with one attached hydrogen (secondary N) is 2. The molecule has 2 aromatic heterocycles. The third-order valence-corrected chi connectivity index (χ3v) is 4.79. The van der Waals surface area contributed by atoms with Gasteiger partial charge in [0.1, 0.15) is 12.1 Å². The van der Waals surface area contributed by atoms with Gasteiger partial charge in [0, 0.05) is 23.0 Å². The maximum atomic E-state index is 11.9. The average molecular weight is 430 g/mol. The van der Waals surface area contributed by atoms with E-state index in [1.54, 1.807) is 18.3 Å². The van der Waals surface area contributed by atoms with Crippen LogP contribution in [0.3, 0.4) is 0 Å². The molecule has 0 spiro atoms. The van der Waals surface area contributed by atoms with E-state index in [9.17, 15) is 10.1 Å². The van der Waals surface area contributed by atoms with Gasteiger partial charge in [0.2, 0.25) is 11.6 Å². The summed E-state index contributed by atoms with van der Waals surface area (Å²) < 4.78 is 5.66. The Bertz CT molecular complexity index is 1220. The Morgan fingerprint density at radius 2 is 1.75 bits per heavy atom. The van der Waals surface area contributed by atoms with E-state index in [1.807, 2.05) is 42.5 Å². The van der Waals surface area contributed by atoms with Gasteiger partial charge < -0.3 is 15.4 Å². The minimum absolute atomic E-state index is 0.0865. The van der Waals surface area contributed by atoms with Crippen LogP contribution in [0.25, 0.3) is 10.9 Å². The Morgan fingerprint density at radius 3 is 2.50 bits per heavy atom. The van der Waals surface area contributed by atoms with Crippen LogP contribution in [0.1, 0.15) is 19.8 Å². The molecule has 0 atom stereocenters. The van der Waals surface area contributed by atoms with Gasteiger partial charge in [-0.3, -0.25) is 15.1 Å². The Morgan fingerprint density at radius 1 is 0.969 bits per heavy atom. The summed E-state index contributed by atoms with van der Waals surface area (Å²) in [7, 11) is 0. The monoisotopic (exact) mass is 430 g/mol. The first-order valence-electron chi connectivity index (χ1n) is 10.3. The Kier molecular flexibility index (Phi) is 6.35. The maximum Gasteiger partial charge on any atom is 0.353 e. The lowest BCUT2D eigenvalue weighted by molar-refractivity contribution is -0.383. The van der Waals surface area contributed by atoms with E-state index in [1.165, 1.54) is 6.33 Å². The molecule has 0 unspecified atom stereocenters. The zero-order valence-corrected chi connectivity index (χ0v) is 17.5. The fourth-order valence-electron chi connectivity index (χ4n) is 3.18. The first-order valence-corrected chi connectivity index (χ1v) is 10.3. The molecule has 0 bridgehead atoms. The lowest BCUT2D eigenvalue weighted by atomic mass is 10.2. The predicted octanol–water partition coefficient (Wildman–Crippen LogP) is 5.60. The lowest BCUT2D eigenvalue weighted by Gasteiger charge is -2.12. The first-order chi connectivity index (χ1) is 15.7. The van der Waals surface area contributed by atoms with Crippen molar-refractivity contribution in [3.63, 3.8) is 0 Å². The van der Waals surface area contributed by atoms with Crippen LogP contribution >= 0.6 is 0 Å². The number of pyridine rings is 1. The maximum absolute atomic E-state index is 11.9. The summed E-state index contributed by atoms with van der Waals surface area (Å²) in [5.41, 5.74) is 1.83. The summed E-state index contributed by atoms with van der Waals surface area (Å²) in [6.45, 7) is 2.75. The number of anilines is 4. The Hall–Kier alpha value is -4.27. The van der Waals surface area contributed by atoms with E-state index in [2.05, 4.69) is 32.5 Å². The molecule has 0 radical (unpaired) electrons. The van der Waals surface area contributed by atoms with Crippen molar-refractivity contribution in [1.29, 1.82) is 0 Å². The van der Waals surface area contributed by atoms with Crippen LogP contribution in [0, 0.1) is 10.1 Å². The zero-order chi connectivity index (χ0) is 22.3. The smallest absolute Gasteiger partial charge is 0.353 e. The molecule has 9 nitrogen and oxygen atoms in total. The largest absolute Gasteiger partial charge is 0.494 e. The first kappa shape index (κ1) is 21.0. The number of ether oxygens (including phenoxy) is 1. The van der Waals surface area contributed by atoms with Gasteiger partial charge in [-0.15, -0.1) is 0 Å². The summed E-state index contributed by atoms with van der Waals surface area (Å²) in [6.07, 6.45) is 5.02. The summed E-state index contributed by atoms with van der Waals surface area (Å²) in [5, 5.41) is 18.8. The summed E-state index contributed by atoms with van der Waals surface area (Å²) in [4.78, 5) is 23.9. The number of fused-ring (bicyclic) bond motifs is 1. The minimum atomic E-state index is -0.504. The van der Waals surface area contributed by atoms with Gasteiger partial charge in [0.05, 0.1) is 17.0 Å². The number of benzene rings is 2. The predicted molar refractivity (Wildman–Crippen MR) is 124 cm³/mol. The molecule has 0 amide bonds. The van der Waals surface area contributed by atoms with Crippen LogP contribution in [0.15, 0.2) is 67.1 Å². The van der Waals surface area contributed by atoms with Crippen molar-refractivity contribution in [3.05, 3.63) is 77.2 Å². The fourth-order valence-corrected chi connectivity index (χ4v) is 3.18. The second kappa shape index (κ2) is 9.69. The van der Waals surface area contributed by atoms with Gasteiger partial charge in [0.15, 0.2) is 0 Å². The zero-order valence-electron chi connectivity index (χ0n) is 17.5. The molecule has 0 saturated heterocycles. The van der Waals surface area contributed by atoms with Crippen LogP contribution in [0.5, 0.6) is 5.75 Å². The normalized spacial score (nSPS) is 10.7. The van der Waals surface area contributed by atoms with E-state index >= 15 is 0 Å². The molecule has 0 aliphatic carbocycles. The lowest BCUT2D eigenvalue weighted by Crippen LogP contribution is -2.06. The van der Waals surface area contributed by atoms with E-state index in [0.29, 0.717) is 18.0 Å². The molecule has 0 fully saturated rings. The number of rotatable bonds is 9. The Labute approximate surface area is 184 Å². The minimum Gasteiger partial charge on any atom is -0.494 e. The van der Waals surface area contributed by atoms with Crippen LogP contribution in [0.2, 0.25) is 0 Å².